The summed E-state index contributed by atoms with van der Waals surface area (Å²) in [5.41, 5.74) is 2.29. The molecule has 1 aliphatic rings. The fraction of sp³-hybridized carbons (Fsp3) is 0.667. The number of aliphatic hydroxyl groups excluding tert-OH is 1. The lowest BCUT2D eigenvalue weighted by atomic mass is 9.84. The van der Waals surface area contributed by atoms with E-state index in [0.717, 1.165) is 49.4 Å². The molecule has 0 saturated carbocycles. The van der Waals surface area contributed by atoms with Gasteiger partial charge in [0.25, 0.3) is 0 Å². The summed E-state index contributed by atoms with van der Waals surface area (Å²) in [5, 5.41) is 10.7. The topological polar surface area (TPSA) is 41.9 Å². The average molecular weight is 307 g/mol. The standard InChI is InChI=1S/C18H29NO3/c1-5-9-19(10-6-2)15-11-13-14(12-16(15)20)18(22-4)8-7-17(13)21-3/h7-8,15-16,20H,5-6,9-12H2,1-4H3/t15-,16+/m1/s1. The van der Waals surface area contributed by atoms with Gasteiger partial charge in [-0.2, -0.15) is 0 Å². The Morgan fingerprint density at radius 3 is 1.95 bits per heavy atom. The Balaban J connectivity index is 2.34. The van der Waals surface area contributed by atoms with E-state index in [1.54, 1.807) is 14.2 Å². The highest BCUT2D eigenvalue weighted by molar-refractivity contribution is 5.51. The van der Waals surface area contributed by atoms with Crippen molar-refractivity contribution in [3.63, 3.8) is 0 Å². The van der Waals surface area contributed by atoms with Gasteiger partial charge in [0.1, 0.15) is 11.5 Å². The van der Waals surface area contributed by atoms with Crippen LogP contribution in [0.25, 0.3) is 0 Å². The Morgan fingerprint density at radius 1 is 1.00 bits per heavy atom. The summed E-state index contributed by atoms with van der Waals surface area (Å²) in [5.74, 6) is 1.76. The van der Waals surface area contributed by atoms with E-state index in [-0.39, 0.29) is 12.1 Å². The number of methoxy groups -OCH3 is 2. The molecule has 124 valence electrons. The van der Waals surface area contributed by atoms with Crippen molar-refractivity contribution in [3.8, 4) is 11.5 Å². The fourth-order valence-corrected chi connectivity index (χ4v) is 3.56. The third-order valence-corrected chi connectivity index (χ3v) is 4.55. The van der Waals surface area contributed by atoms with E-state index in [0.29, 0.717) is 6.42 Å². The van der Waals surface area contributed by atoms with E-state index in [1.807, 2.05) is 12.1 Å². The third-order valence-electron chi connectivity index (χ3n) is 4.55. The maximum atomic E-state index is 10.7. The Labute approximate surface area is 134 Å². The van der Waals surface area contributed by atoms with Crippen molar-refractivity contribution < 1.29 is 14.6 Å². The first kappa shape index (κ1) is 17.1. The molecule has 1 aromatic rings. The molecule has 0 fully saturated rings. The van der Waals surface area contributed by atoms with Crippen molar-refractivity contribution >= 4 is 0 Å². The lowest BCUT2D eigenvalue weighted by molar-refractivity contribution is 0.0413. The number of benzene rings is 1. The number of nitrogens with zero attached hydrogens (tertiary/aromatic N) is 1. The molecular weight excluding hydrogens is 278 g/mol. The van der Waals surface area contributed by atoms with Crippen LogP contribution >= 0.6 is 0 Å². The van der Waals surface area contributed by atoms with E-state index in [1.165, 1.54) is 5.56 Å². The fourth-order valence-electron chi connectivity index (χ4n) is 3.56. The molecule has 0 spiro atoms. The zero-order chi connectivity index (χ0) is 16.1. The Bertz CT molecular complexity index is 483. The quantitative estimate of drug-likeness (QED) is 0.841. The number of fused-ring (bicyclic) bond motifs is 1. The Morgan fingerprint density at radius 2 is 1.50 bits per heavy atom. The molecule has 1 aromatic carbocycles. The number of aliphatic hydroxyl groups is 1. The van der Waals surface area contributed by atoms with Gasteiger partial charge >= 0.3 is 0 Å². The maximum Gasteiger partial charge on any atom is 0.122 e. The first-order chi connectivity index (χ1) is 10.7. The van der Waals surface area contributed by atoms with Crippen molar-refractivity contribution in [1.29, 1.82) is 0 Å². The minimum absolute atomic E-state index is 0.161. The molecule has 0 amide bonds. The van der Waals surface area contributed by atoms with Crippen LogP contribution in [0.4, 0.5) is 0 Å². The van der Waals surface area contributed by atoms with Gasteiger partial charge in [0.15, 0.2) is 0 Å². The van der Waals surface area contributed by atoms with Crippen molar-refractivity contribution in [2.45, 2.75) is 51.7 Å². The van der Waals surface area contributed by atoms with Crippen LogP contribution in [0.3, 0.4) is 0 Å². The van der Waals surface area contributed by atoms with Gasteiger partial charge in [-0.25, -0.2) is 0 Å². The monoisotopic (exact) mass is 307 g/mol. The van der Waals surface area contributed by atoms with E-state index >= 15 is 0 Å². The van der Waals surface area contributed by atoms with Crippen LogP contribution in [0.2, 0.25) is 0 Å². The zero-order valence-corrected chi connectivity index (χ0v) is 14.3. The predicted octanol–water partition coefficient (Wildman–Crippen LogP) is 2.65. The summed E-state index contributed by atoms with van der Waals surface area (Å²) < 4.78 is 11.0. The van der Waals surface area contributed by atoms with Crippen LogP contribution in [0, 0.1) is 0 Å². The lowest BCUT2D eigenvalue weighted by Gasteiger charge is -2.39. The summed E-state index contributed by atoms with van der Waals surface area (Å²) >= 11 is 0. The second-order valence-electron chi connectivity index (χ2n) is 6.01. The highest BCUT2D eigenvalue weighted by atomic mass is 16.5. The van der Waals surface area contributed by atoms with Crippen molar-refractivity contribution in [1.82, 2.24) is 4.90 Å². The first-order valence-electron chi connectivity index (χ1n) is 8.31. The molecule has 4 nitrogen and oxygen atoms in total. The third kappa shape index (κ3) is 3.39. The van der Waals surface area contributed by atoms with Gasteiger partial charge in [-0.05, 0) is 44.5 Å². The average Bonchev–Trinajstić information content (AvgIpc) is 2.53. The summed E-state index contributed by atoms with van der Waals surface area (Å²) in [4.78, 5) is 2.42. The number of hydrogen-bond acceptors (Lipinski definition) is 4. The van der Waals surface area contributed by atoms with Crippen molar-refractivity contribution in [3.05, 3.63) is 23.3 Å². The minimum atomic E-state index is -0.355. The van der Waals surface area contributed by atoms with Crippen LogP contribution in [-0.2, 0) is 12.8 Å². The Kier molecular flexibility index (Phi) is 6.09. The molecule has 1 N–H and O–H groups in total. The molecule has 0 bridgehead atoms. The SMILES string of the molecule is CCCN(CCC)[C@@H]1Cc2c(OC)ccc(OC)c2C[C@@H]1O. The van der Waals surface area contributed by atoms with E-state index < -0.39 is 0 Å². The van der Waals surface area contributed by atoms with Crippen LogP contribution in [-0.4, -0.2) is 49.5 Å². The maximum absolute atomic E-state index is 10.7. The molecule has 0 radical (unpaired) electrons. The van der Waals surface area contributed by atoms with Gasteiger partial charge in [-0.3, -0.25) is 4.90 Å². The molecule has 0 unspecified atom stereocenters. The summed E-state index contributed by atoms with van der Waals surface area (Å²) in [7, 11) is 3.39. The van der Waals surface area contributed by atoms with Gasteiger partial charge < -0.3 is 14.6 Å². The molecular formula is C18H29NO3. The highest BCUT2D eigenvalue weighted by Gasteiger charge is 2.34. The molecule has 22 heavy (non-hydrogen) atoms. The van der Waals surface area contributed by atoms with Crippen LogP contribution in [0.5, 0.6) is 11.5 Å². The van der Waals surface area contributed by atoms with Crippen LogP contribution in [0.15, 0.2) is 12.1 Å². The Hall–Kier alpha value is -1.26. The summed E-state index contributed by atoms with van der Waals surface area (Å²) in [6.45, 7) is 6.43. The minimum Gasteiger partial charge on any atom is -0.496 e. The highest BCUT2D eigenvalue weighted by Crippen LogP contribution is 2.37. The number of hydrogen-bond donors (Lipinski definition) is 1. The van der Waals surface area contributed by atoms with Crippen LogP contribution in [0.1, 0.15) is 37.8 Å². The van der Waals surface area contributed by atoms with E-state index in [4.69, 9.17) is 9.47 Å². The molecule has 4 heteroatoms. The molecule has 0 heterocycles. The van der Waals surface area contributed by atoms with E-state index in [2.05, 4.69) is 18.7 Å². The lowest BCUT2D eigenvalue weighted by Crippen LogP contribution is -2.49. The smallest absolute Gasteiger partial charge is 0.122 e. The van der Waals surface area contributed by atoms with Gasteiger partial charge in [-0.1, -0.05) is 13.8 Å². The summed E-state index contributed by atoms with van der Waals surface area (Å²) in [6, 6.07) is 4.06. The second kappa shape index (κ2) is 7.84. The number of ether oxygens (including phenoxy) is 2. The van der Waals surface area contributed by atoms with Gasteiger partial charge in [-0.15, -0.1) is 0 Å². The van der Waals surface area contributed by atoms with Gasteiger partial charge in [0, 0.05) is 23.6 Å². The largest absolute Gasteiger partial charge is 0.496 e. The van der Waals surface area contributed by atoms with Crippen molar-refractivity contribution in [2.24, 2.45) is 0 Å². The van der Waals surface area contributed by atoms with Crippen LogP contribution < -0.4 is 9.47 Å². The molecule has 0 saturated heterocycles. The molecule has 1 aliphatic carbocycles. The second-order valence-corrected chi connectivity index (χ2v) is 6.01. The van der Waals surface area contributed by atoms with Gasteiger partial charge in [0.2, 0.25) is 0 Å². The zero-order valence-electron chi connectivity index (χ0n) is 14.3. The molecule has 2 rings (SSSR count). The van der Waals surface area contributed by atoms with Gasteiger partial charge in [0.05, 0.1) is 20.3 Å². The molecule has 0 aliphatic heterocycles. The van der Waals surface area contributed by atoms with E-state index in [9.17, 15) is 5.11 Å². The molecule has 2 atom stereocenters. The molecule has 0 aromatic heterocycles. The van der Waals surface area contributed by atoms with Crippen molar-refractivity contribution in [2.75, 3.05) is 27.3 Å². The normalized spacial score (nSPS) is 20.8. The predicted molar refractivity (Wildman–Crippen MR) is 88.9 cm³/mol. The summed E-state index contributed by atoms with van der Waals surface area (Å²) in [6.07, 6.45) is 3.30. The number of rotatable bonds is 7. The first-order valence-corrected chi connectivity index (χ1v) is 8.31.